The van der Waals surface area contributed by atoms with Crippen LogP contribution in [0.15, 0.2) is 18.2 Å². The van der Waals surface area contributed by atoms with Gasteiger partial charge in [-0.25, -0.2) is 4.39 Å². The Balaban J connectivity index is 2.68. The van der Waals surface area contributed by atoms with E-state index in [2.05, 4.69) is 0 Å². The van der Waals surface area contributed by atoms with Crippen molar-refractivity contribution in [3.05, 3.63) is 34.6 Å². The van der Waals surface area contributed by atoms with Gasteiger partial charge in [-0.2, -0.15) is 11.8 Å². The minimum absolute atomic E-state index is 0.00819. The van der Waals surface area contributed by atoms with E-state index in [0.29, 0.717) is 16.3 Å². The predicted molar refractivity (Wildman–Crippen MR) is 63.1 cm³/mol. The molecule has 0 aromatic heterocycles. The van der Waals surface area contributed by atoms with Crippen LogP contribution in [0.4, 0.5) is 4.39 Å². The van der Waals surface area contributed by atoms with E-state index in [4.69, 9.17) is 11.6 Å². The van der Waals surface area contributed by atoms with Gasteiger partial charge in [0.05, 0.1) is 5.75 Å². The third kappa shape index (κ3) is 3.84. The standard InChI is InChI=1S/C11H12ClFOS/c1-2-15-7-8(14)6-9-10(12)4-3-5-11(9)13/h3-5H,2,6-7H2,1H3. The molecule has 0 saturated carbocycles. The van der Waals surface area contributed by atoms with Crippen molar-refractivity contribution in [2.75, 3.05) is 11.5 Å². The normalized spacial score (nSPS) is 10.3. The van der Waals surface area contributed by atoms with Crippen LogP contribution in [0.5, 0.6) is 0 Å². The molecule has 0 saturated heterocycles. The smallest absolute Gasteiger partial charge is 0.147 e. The maximum atomic E-state index is 13.3. The number of carbonyl (C=O) groups excluding carboxylic acids is 1. The van der Waals surface area contributed by atoms with Gasteiger partial charge in [-0.1, -0.05) is 24.6 Å². The van der Waals surface area contributed by atoms with Gasteiger partial charge in [0.25, 0.3) is 0 Å². The first-order chi connectivity index (χ1) is 7.15. The van der Waals surface area contributed by atoms with E-state index in [0.717, 1.165) is 5.75 Å². The van der Waals surface area contributed by atoms with Gasteiger partial charge >= 0.3 is 0 Å². The number of halogens is 2. The maximum Gasteiger partial charge on any atom is 0.147 e. The molecule has 0 unspecified atom stereocenters. The summed E-state index contributed by atoms with van der Waals surface area (Å²) in [5.41, 5.74) is 0.306. The van der Waals surface area contributed by atoms with Gasteiger partial charge in [0.15, 0.2) is 0 Å². The van der Waals surface area contributed by atoms with Gasteiger partial charge in [0.2, 0.25) is 0 Å². The molecule has 0 radical (unpaired) electrons. The number of carbonyl (C=O) groups is 1. The topological polar surface area (TPSA) is 17.1 Å². The molecule has 82 valence electrons. The monoisotopic (exact) mass is 246 g/mol. The van der Waals surface area contributed by atoms with Gasteiger partial charge in [0, 0.05) is 17.0 Å². The summed E-state index contributed by atoms with van der Waals surface area (Å²) in [6.07, 6.45) is 0.0819. The molecule has 0 atom stereocenters. The molecule has 0 amide bonds. The van der Waals surface area contributed by atoms with E-state index in [-0.39, 0.29) is 12.2 Å². The van der Waals surface area contributed by atoms with E-state index < -0.39 is 5.82 Å². The molecule has 0 spiro atoms. The molecule has 4 heteroatoms. The highest BCUT2D eigenvalue weighted by molar-refractivity contribution is 7.99. The van der Waals surface area contributed by atoms with E-state index in [1.54, 1.807) is 6.07 Å². The summed E-state index contributed by atoms with van der Waals surface area (Å²) in [5, 5.41) is 0.324. The van der Waals surface area contributed by atoms with Crippen LogP contribution in [-0.2, 0) is 11.2 Å². The number of hydrogen-bond acceptors (Lipinski definition) is 2. The van der Waals surface area contributed by atoms with Crippen LogP contribution in [0.25, 0.3) is 0 Å². The molecular formula is C11H12ClFOS. The first kappa shape index (κ1) is 12.5. The van der Waals surface area contributed by atoms with Gasteiger partial charge in [-0.3, -0.25) is 4.79 Å². The Hall–Kier alpha value is -0.540. The number of hydrogen-bond donors (Lipinski definition) is 0. The number of ketones is 1. The predicted octanol–water partition coefficient (Wildman–Crippen LogP) is 3.34. The lowest BCUT2D eigenvalue weighted by Gasteiger charge is -2.04. The lowest BCUT2D eigenvalue weighted by Crippen LogP contribution is -2.08. The molecule has 0 aliphatic heterocycles. The minimum Gasteiger partial charge on any atom is -0.298 e. The Labute approximate surface area is 98.0 Å². The highest BCUT2D eigenvalue weighted by Crippen LogP contribution is 2.20. The van der Waals surface area contributed by atoms with Crippen molar-refractivity contribution in [2.24, 2.45) is 0 Å². The summed E-state index contributed by atoms with van der Waals surface area (Å²) in [5.74, 6) is 0.906. The molecule has 0 fully saturated rings. The zero-order valence-corrected chi connectivity index (χ0v) is 10.00. The third-order valence-corrected chi connectivity index (χ3v) is 3.19. The van der Waals surface area contributed by atoms with Crippen LogP contribution in [0.1, 0.15) is 12.5 Å². The number of benzene rings is 1. The van der Waals surface area contributed by atoms with E-state index in [9.17, 15) is 9.18 Å². The van der Waals surface area contributed by atoms with Gasteiger partial charge in [-0.15, -0.1) is 0 Å². The fourth-order valence-corrected chi connectivity index (χ4v) is 1.93. The van der Waals surface area contributed by atoms with Crippen LogP contribution in [0.2, 0.25) is 5.02 Å². The molecule has 0 bridgehead atoms. The molecule has 15 heavy (non-hydrogen) atoms. The van der Waals surface area contributed by atoms with E-state index in [1.807, 2.05) is 6.92 Å². The van der Waals surface area contributed by atoms with Crippen molar-refractivity contribution in [1.29, 1.82) is 0 Å². The van der Waals surface area contributed by atoms with Crippen LogP contribution < -0.4 is 0 Å². The van der Waals surface area contributed by atoms with Crippen molar-refractivity contribution in [2.45, 2.75) is 13.3 Å². The SMILES string of the molecule is CCSCC(=O)Cc1c(F)cccc1Cl. The fraction of sp³-hybridized carbons (Fsp3) is 0.364. The molecule has 0 N–H and O–H groups in total. The number of thioether (sulfide) groups is 1. The Kier molecular flexibility index (Phi) is 5.12. The van der Waals surface area contributed by atoms with Crippen LogP contribution >= 0.6 is 23.4 Å². The van der Waals surface area contributed by atoms with Crippen LogP contribution in [-0.4, -0.2) is 17.3 Å². The molecule has 1 aromatic carbocycles. The molecule has 0 heterocycles. The fourth-order valence-electron chi connectivity index (χ4n) is 1.17. The lowest BCUT2D eigenvalue weighted by atomic mass is 10.1. The Bertz CT molecular complexity index is 334. The van der Waals surface area contributed by atoms with Crippen molar-refractivity contribution in [3.8, 4) is 0 Å². The van der Waals surface area contributed by atoms with Crippen molar-refractivity contribution < 1.29 is 9.18 Å². The van der Waals surface area contributed by atoms with E-state index in [1.165, 1.54) is 23.9 Å². The number of Topliss-reactive ketones (excluding diaryl/α,β-unsaturated/α-hetero) is 1. The van der Waals surface area contributed by atoms with Gasteiger partial charge < -0.3 is 0 Å². The second-order valence-electron chi connectivity index (χ2n) is 3.05. The van der Waals surface area contributed by atoms with Crippen molar-refractivity contribution >= 4 is 29.1 Å². The molecule has 1 nitrogen and oxygen atoms in total. The van der Waals surface area contributed by atoms with Crippen molar-refractivity contribution in [3.63, 3.8) is 0 Å². The molecule has 0 aliphatic rings. The zero-order chi connectivity index (χ0) is 11.3. The summed E-state index contributed by atoms with van der Waals surface area (Å²) in [6.45, 7) is 1.98. The van der Waals surface area contributed by atoms with Crippen LogP contribution in [0, 0.1) is 5.82 Å². The molecular weight excluding hydrogens is 235 g/mol. The lowest BCUT2D eigenvalue weighted by molar-refractivity contribution is -0.116. The quantitative estimate of drug-likeness (QED) is 0.793. The largest absolute Gasteiger partial charge is 0.298 e. The molecule has 0 aliphatic carbocycles. The average molecular weight is 247 g/mol. The summed E-state index contributed by atoms with van der Waals surface area (Å²) in [4.78, 5) is 11.4. The van der Waals surface area contributed by atoms with E-state index >= 15 is 0 Å². The maximum absolute atomic E-state index is 13.3. The Morgan fingerprint density at radius 3 is 2.87 bits per heavy atom. The highest BCUT2D eigenvalue weighted by atomic mass is 35.5. The highest BCUT2D eigenvalue weighted by Gasteiger charge is 2.11. The van der Waals surface area contributed by atoms with Crippen molar-refractivity contribution in [1.82, 2.24) is 0 Å². The average Bonchev–Trinajstić information content (AvgIpc) is 2.21. The zero-order valence-electron chi connectivity index (χ0n) is 8.43. The Morgan fingerprint density at radius 1 is 1.53 bits per heavy atom. The molecule has 1 rings (SSSR count). The summed E-state index contributed by atoms with van der Waals surface area (Å²) in [6, 6.07) is 4.45. The third-order valence-electron chi connectivity index (χ3n) is 1.90. The first-order valence-corrected chi connectivity index (χ1v) is 6.20. The molecule has 1 aromatic rings. The van der Waals surface area contributed by atoms with Crippen LogP contribution in [0.3, 0.4) is 0 Å². The first-order valence-electron chi connectivity index (χ1n) is 4.67. The Morgan fingerprint density at radius 2 is 2.27 bits per heavy atom. The van der Waals surface area contributed by atoms with Gasteiger partial charge in [0.1, 0.15) is 11.6 Å². The summed E-state index contributed by atoms with van der Waals surface area (Å²) >= 11 is 7.34. The summed E-state index contributed by atoms with van der Waals surface area (Å²) in [7, 11) is 0. The minimum atomic E-state index is -0.405. The number of rotatable bonds is 5. The second kappa shape index (κ2) is 6.13. The second-order valence-corrected chi connectivity index (χ2v) is 4.73. The van der Waals surface area contributed by atoms with Gasteiger partial charge in [-0.05, 0) is 17.9 Å². The summed E-state index contributed by atoms with van der Waals surface area (Å²) < 4.78 is 13.3.